The lowest BCUT2D eigenvalue weighted by Crippen LogP contribution is -2.56. The van der Waals surface area contributed by atoms with Gasteiger partial charge in [-0.05, 0) is 116 Å². The standard InChI is InChI=1S/C54H45BN2O/c1-30-35-16-9-10-17-36(35)31(2)42-28-46-44(27-41(30)42)55-50-47(56(46)34-25-32(53(3,4)5)24-33(26-34)54(6,7)8)29-43-38-19-12-14-23-48(38)58-52(43)49(50)40-21-15-20-39-37-18-11-13-22-45(37)57(55)51(39)40/h9-29H,1-8H3. The summed E-state index contributed by atoms with van der Waals surface area (Å²) in [6.07, 6.45) is 0. The molecule has 0 aliphatic carbocycles. The minimum absolute atomic E-state index is 0.0497. The highest BCUT2D eigenvalue weighted by Crippen LogP contribution is 2.51. The van der Waals surface area contributed by atoms with E-state index in [-0.39, 0.29) is 17.7 Å². The molecule has 0 unspecified atom stereocenters. The van der Waals surface area contributed by atoms with Gasteiger partial charge in [0.25, 0.3) is 0 Å². The van der Waals surface area contributed by atoms with E-state index in [1.54, 1.807) is 0 Å². The minimum Gasteiger partial charge on any atom is -0.455 e. The summed E-state index contributed by atoms with van der Waals surface area (Å²) in [5, 5.41) is 10.1. The van der Waals surface area contributed by atoms with Crippen molar-refractivity contribution < 1.29 is 4.42 Å². The first-order valence-corrected chi connectivity index (χ1v) is 20.8. The van der Waals surface area contributed by atoms with Crippen molar-refractivity contribution in [1.82, 2.24) is 4.48 Å². The maximum absolute atomic E-state index is 7.03. The van der Waals surface area contributed by atoms with E-state index in [1.807, 2.05) is 0 Å². The fraction of sp³-hybridized carbons (Fsp3) is 0.185. The molecule has 0 radical (unpaired) electrons. The summed E-state index contributed by atoms with van der Waals surface area (Å²) in [7, 11) is 0. The van der Waals surface area contributed by atoms with E-state index < -0.39 is 0 Å². The summed E-state index contributed by atoms with van der Waals surface area (Å²) in [6.45, 7) is 18.6. The smallest absolute Gasteiger partial charge is 0.333 e. The Balaban J connectivity index is 1.33. The Morgan fingerprint density at radius 2 is 1.10 bits per heavy atom. The van der Waals surface area contributed by atoms with E-state index in [0.29, 0.717) is 0 Å². The van der Waals surface area contributed by atoms with Crippen molar-refractivity contribution in [3.63, 3.8) is 0 Å². The average Bonchev–Trinajstić information content (AvgIpc) is 3.76. The summed E-state index contributed by atoms with van der Waals surface area (Å²) in [5.41, 5.74) is 18.3. The molecule has 58 heavy (non-hydrogen) atoms. The van der Waals surface area contributed by atoms with Crippen molar-refractivity contribution in [3.05, 3.63) is 150 Å². The monoisotopic (exact) mass is 748 g/mol. The lowest BCUT2D eigenvalue weighted by Gasteiger charge is -2.41. The first-order chi connectivity index (χ1) is 27.9. The van der Waals surface area contributed by atoms with Crippen LogP contribution in [-0.2, 0) is 10.8 Å². The van der Waals surface area contributed by atoms with Crippen LogP contribution in [0.4, 0.5) is 17.1 Å². The van der Waals surface area contributed by atoms with Gasteiger partial charge in [-0.2, -0.15) is 0 Å². The third-order valence-corrected chi connectivity index (χ3v) is 13.6. The molecule has 0 amide bonds. The summed E-state index contributed by atoms with van der Waals surface area (Å²) in [5.74, 6) is 0. The van der Waals surface area contributed by atoms with Gasteiger partial charge in [-0.15, -0.1) is 0 Å². The average molecular weight is 749 g/mol. The van der Waals surface area contributed by atoms with Crippen molar-refractivity contribution >= 4 is 100 Å². The van der Waals surface area contributed by atoms with E-state index in [0.717, 1.165) is 21.9 Å². The molecule has 8 aromatic carbocycles. The van der Waals surface area contributed by atoms with E-state index >= 15 is 0 Å². The van der Waals surface area contributed by atoms with E-state index in [1.165, 1.54) is 105 Å². The van der Waals surface area contributed by atoms with Gasteiger partial charge in [0.15, 0.2) is 0 Å². The number of rotatable bonds is 1. The van der Waals surface area contributed by atoms with Crippen LogP contribution in [0.1, 0.15) is 63.8 Å². The Morgan fingerprint density at radius 3 is 1.79 bits per heavy atom. The third kappa shape index (κ3) is 4.35. The largest absolute Gasteiger partial charge is 0.455 e. The minimum atomic E-state index is -0.0883. The second-order valence-corrected chi connectivity index (χ2v) is 19.0. The lowest BCUT2D eigenvalue weighted by molar-refractivity contribution is 0.569. The van der Waals surface area contributed by atoms with Gasteiger partial charge in [-0.3, -0.25) is 0 Å². The quantitative estimate of drug-likeness (QED) is 0.123. The Hall–Kier alpha value is -6.26. The number of hydrogen-bond acceptors (Lipinski definition) is 2. The topological polar surface area (TPSA) is 21.3 Å². The molecule has 0 N–H and O–H groups in total. The number of anilines is 3. The predicted molar refractivity (Wildman–Crippen MR) is 249 cm³/mol. The number of nitrogens with zero attached hydrogens (tertiary/aromatic N) is 2. The molecular formula is C54H45BN2O. The van der Waals surface area contributed by atoms with Crippen molar-refractivity contribution in [2.45, 2.75) is 66.2 Å². The van der Waals surface area contributed by atoms with Crippen LogP contribution in [0.25, 0.3) is 76.4 Å². The number of fused-ring (bicyclic) bond motifs is 13. The third-order valence-electron chi connectivity index (χ3n) is 13.6. The van der Waals surface area contributed by atoms with Crippen LogP contribution in [0.5, 0.6) is 0 Å². The zero-order chi connectivity index (χ0) is 39.6. The Kier molecular flexibility index (Phi) is 6.55. The van der Waals surface area contributed by atoms with Crippen LogP contribution in [-0.4, -0.2) is 11.3 Å². The number of benzene rings is 8. The van der Waals surface area contributed by atoms with Gasteiger partial charge in [0.1, 0.15) is 11.2 Å². The number of hydrogen-bond donors (Lipinski definition) is 0. The fourth-order valence-corrected chi connectivity index (χ4v) is 10.6. The molecule has 10 aromatic rings. The van der Waals surface area contributed by atoms with Crippen LogP contribution < -0.4 is 15.8 Å². The Bertz CT molecular complexity index is 3430. The maximum atomic E-state index is 7.03. The summed E-state index contributed by atoms with van der Waals surface area (Å²) < 4.78 is 9.69. The van der Waals surface area contributed by atoms with E-state index in [2.05, 4.69) is 192 Å². The highest BCUT2D eigenvalue weighted by molar-refractivity contribution is 6.90. The molecule has 0 saturated carbocycles. The zero-order valence-corrected chi connectivity index (χ0v) is 34.5. The zero-order valence-electron chi connectivity index (χ0n) is 34.5. The van der Waals surface area contributed by atoms with Gasteiger partial charge in [0.2, 0.25) is 0 Å². The summed E-state index contributed by atoms with van der Waals surface area (Å²) in [6, 6.07) is 48.3. The maximum Gasteiger partial charge on any atom is 0.333 e. The Labute approximate surface area is 339 Å². The van der Waals surface area contributed by atoms with Crippen molar-refractivity contribution in [1.29, 1.82) is 0 Å². The molecule has 2 aliphatic rings. The number of aryl methyl sites for hydroxylation is 2. The highest BCUT2D eigenvalue weighted by atomic mass is 16.3. The van der Waals surface area contributed by atoms with Crippen molar-refractivity contribution in [3.8, 4) is 11.1 Å². The van der Waals surface area contributed by atoms with Crippen molar-refractivity contribution in [2.24, 2.45) is 0 Å². The van der Waals surface area contributed by atoms with Crippen LogP contribution in [0.15, 0.2) is 132 Å². The second-order valence-electron chi connectivity index (χ2n) is 19.0. The molecule has 2 aromatic heterocycles. The molecule has 3 nitrogen and oxygen atoms in total. The summed E-state index contributed by atoms with van der Waals surface area (Å²) >= 11 is 0. The van der Waals surface area contributed by atoms with Gasteiger partial charge in [0.05, 0.1) is 0 Å². The van der Waals surface area contributed by atoms with E-state index in [4.69, 9.17) is 4.42 Å². The molecule has 12 rings (SSSR count). The first-order valence-electron chi connectivity index (χ1n) is 20.8. The second kappa shape index (κ2) is 11.2. The molecule has 0 atom stereocenters. The molecule has 0 fully saturated rings. The SMILES string of the molecule is Cc1c2ccccc2c(C)c2cc3c(cc12)B1c2c(cc4c(oc5ccccc54)c2-c2cccc4c5ccccc5n1c24)N3c1cc(C(C)(C)C)cc(C(C)(C)C)c1. The number of furan rings is 1. The molecule has 4 heteroatoms. The van der Waals surface area contributed by atoms with Crippen LogP contribution in [0, 0.1) is 13.8 Å². The van der Waals surface area contributed by atoms with Gasteiger partial charge in [-0.25, -0.2) is 0 Å². The van der Waals surface area contributed by atoms with Gasteiger partial charge < -0.3 is 13.8 Å². The lowest BCUT2D eigenvalue weighted by atomic mass is 9.44. The van der Waals surface area contributed by atoms with Crippen LogP contribution in [0.3, 0.4) is 0 Å². The van der Waals surface area contributed by atoms with Gasteiger partial charge in [0, 0.05) is 60.8 Å². The molecular weight excluding hydrogens is 703 g/mol. The van der Waals surface area contributed by atoms with Crippen LogP contribution in [0.2, 0.25) is 0 Å². The highest BCUT2D eigenvalue weighted by Gasteiger charge is 2.45. The summed E-state index contributed by atoms with van der Waals surface area (Å²) in [4.78, 5) is 2.62. The van der Waals surface area contributed by atoms with E-state index in [9.17, 15) is 0 Å². The van der Waals surface area contributed by atoms with Gasteiger partial charge >= 0.3 is 6.85 Å². The molecule has 280 valence electrons. The van der Waals surface area contributed by atoms with Crippen molar-refractivity contribution in [2.75, 3.05) is 4.90 Å². The fourth-order valence-electron chi connectivity index (χ4n) is 10.6. The first kappa shape index (κ1) is 33.8. The molecule has 4 heterocycles. The Morgan fingerprint density at radius 1 is 0.517 bits per heavy atom. The molecule has 0 saturated heterocycles. The van der Waals surface area contributed by atoms with Gasteiger partial charge in [-0.1, -0.05) is 133 Å². The molecule has 0 bridgehead atoms. The molecule has 0 spiro atoms. The number of aromatic nitrogens is 1. The predicted octanol–water partition coefficient (Wildman–Crippen LogP) is 13.6. The number of para-hydroxylation sites is 3. The van der Waals surface area contributed by atoms with Crippen LogP contribution >= 0.6 is 0 Å². The normalized spacial score (nSPS) is 13.8. The molecule has 2 aliphatic heterocycles.